The number of fused-ring (bicyclic) bond motifs is 1. The van der Waals surface area contributed by atoms with Crippen LogP contribution in [-0.4, -0.2) is 25.1 Å². The van der Waals surface area contributed by atoms with Gasteiger partial charge < -0.3 is 15.5 Å². The number of benzene rings is 1. The minimum atomic E-state index is -0.405. The van der Waals surface area contributed by atoms with Crippen molar-refractivity contribution in [2.24, 2.45) is 12.8 Å². The van der Waals surface area contributed by atoms with Gasteiger partial charge in [-0.2, -0.15) is 5.10 Å². The highest BCUT2D eigenvalue weighted by Crippen LogP contribution is 2.22. The lowest BCUT2D eigenvalue weighted by Gasteiger charge is -2.07. The Balaban J connectivity index is 1.56. The van der Waals surface area contributed by atoms with Gasteiger partial charge in [0.1, 0.15) is 0 Å². The van der Waals surface area contributed by atoms with E-state index in [-0.39, 0.29) is 0 Å². The van der Waals surface area contributed by atoms with Crippen molar-refractivity contribution in [3.05, 3.63) is 78.0 Å². The fourth-order valence-electron chi connectivity index (χ4n) is 3.14. The molecule has 7 heteroatoms. The largest absolute Gasteiger partial charge is 0.366 e. The molecular formula is C20H20N6O. The molecule has 7 nitrogen and oxygen atoms in total. The summed E-state index contributed by atoms with van der Waals surface area (Å²) >= 11 is 0. The average Bonchev–Trinajstić information content (AvgIpc) is 3.27. The minimum absolute atomic E-state index is 0.405. The van der Waals surface area contributed by atoms with Gasteiger partial charge in [-0.25, -0.2) is 4.98 Å². The van der Waals surface area contributed by atoms with E-state index < -0.39 is 5.91 Å². The number of anilines is 2. The molecule has 0 saturated heterocycles. The lowest BCUT2D eigenvalue weighted by molar-refractivity contribution is 0.1000. The molecule has 136 valence electrons. The second kappa shape index (κ2) is 6.95. The van der Waals surface area contributed by atoms with Gasteiger partial charge in [-0.05, 0) is 42.7 Å². The monoisotopic (exact) mass is 360 g/mol. The molecule has 0 spiro atoms. The number of primary amides is 1. The summed E-state index contributed by atoms with van der Waals surface area (Å²) in [4.78, 5) is 15.9. The number of rotatable bonds is 6. The van der Waals surface area contributed by atoms with Gasteiger partial charge in [0.05, 0.1) is 17.6 Å². The van der Waals surface area contributed by atoms with Crippen molar-refractivity contribution in [3.8, 4) is 0 Å². The molecule has 0 saturated carbocycles. The maximum Gasteiger partial charge on any atom is 0.248 e. The number of nitrogens with one attached hydrogen (secondary N) is 1. The first-order chi connectivity index (χ1) is 13.1. The Bertz CT molecular complexity index is 1110. The third-order valence-electron chi connectivity index (χ3n) is 4.48. The molecule has 0 aliphatic carbocycles. The number of hydrogen-bond donors (Lipinski definition) is 2. The fraction of sp³-hybridized carbons (Fsp3) is 0.150. The van der Waals surface area contributed by atoms with Crippen LogP contribution in [0.5, 0.6) is 0 Å². The van der Waals surface area contributed by atoms with Gasteiger partial charge in [0, 0.05) is 36.9 Å². The van der Waals surface area contributed by atoms with Crippen LogP contribution in [0.2, 0.25) is 0 Å². The summed E-state index contributed by atoms with van der Waals surface area (Å²) in [7, 11) is 1.88. The standard InChI is InChI=1S/C20H20N6O/c1-25-13-16(11-23-25)24-18-6-3-9-26-17(12-22-20(18)26)8-7-14-4-2-5-15(10-14)19(21)27/h2-6,9-13,24H,7-8H2,1H3,(H2,21,27). The van der Waals surface area contributed by atoms with Crippen molar-refractivity contribution in [1.29, 1.82) is 0 Å². The Kier molecular flexibility index (Phi) is 4.33. The van der Waals surface area contributed by atoms with Crippen LogP contribution in [0.3, 0.4) is 0 Å². The van der Waals surface area contributed by atoms with Gasteiger partial charge >= 0.3 is 0 Å². The van der Waals surface area contributed by atoms with E-state index in [0.29, 0.717) is 5.56 Å². The number of hydrogen-bond acceptors (Lipinski definition) is 4. The van der Waals surface area contributed by atoms with E-state index in [2.05, 4.69) is 19.8 Å². The summed E-state index contributed by atoms with van der Waals surface area (Å²) in [6.07, 6.45) is 9.20. The maximum atomic E-state index is 11.3. The van der Waals surface area contributed by atoms with E-state index in [1.54, 1.807) is 16.9 Å². The van der Waals surface area contributed by atoms with Crippen LogP contribution >= 0.6 is 0 Å². The van der Waals surface area contributed by atoms with E-state index in [0.717, 1.165) is 41.1 Å². The molecule has 0 bridgehead atoms. The predicted molar refractivity (Wildman–Crippen MR) is 104 cm³/mol. The molecule has 1 amide bonds. The number of aryl methyl sites for hydroxylation is 3. The molecule has 4 rings (SSSR count). The first-order valence-electron chi connectivity index (χ1n) is 8.69. The topological polar surface area (TPSA) is 90.2 Å². The highest BCUT2D eigenvalue weighted by Gasteiger charge is 2.09. The Hall–Kier alpha value is -3.61. The minimum Gasteiger partial charge on any atom is -0.366 e. The first-order valence-corrected chi connectivity index (χ1v) is 8.69. The number of nitrogens with zero attached hydrogens (tertiary/aromatic N) is 4. The van der Waals surface area contributed by atoms with Crippen LogP contribution in [0.1, 0.15) is 21.6 Å². The van der Waals surface area contributed by atoms with Gasteiger partial charge in [-0.15, -0.1) is 0 Å². The Morgan fingerprint density at radius 1 is 1.19 bits per heavy atom. The molecule has 4 aromatic rings. The quantitative estimate of drug-likeness (QED) is 0.553. The predicted octanol–water partition coefficient (Wildman–Crippen LogP) is 2.70. The summed E-state index contributed by atoms with van der Waals surface area (Å²) in [6, 6.07) is 11.4. The molecular weight excluding hydrogens is 340 g/mol. The summed E-state index contributed by atoms with van der Waals surface area (Å²) in [6.45, 7) is 0. The van der Waals surface area contributed by atoms with Crippen molar-refractivity contribution in [2.75, 3.05) is 5.32 Å². The fourth-order valence-corrected chi connectivity index (χ4v) is 3.14. The van der Waals surface area contributed by atoms with Gasteiger partial charge in [-0.1, -0.05) is 12.1 Å². The molecule has 0 radical (unpaired) electrons. The zero-order valence-corrected chi connectivity index (χ0v) is 15.0. The third-order valence-corrected chi connectivity index (χ3v) is 4.48. The van der Waals surface area contributed by atoms with E-state index in [1.165, 1.54) is 0 Å². The van der Waals surface area contributed by atoms with Crippen LogP contribution in [0.25, 0.3) is 5.65 Å². The Labute approximate surface area is 156 Å². The third kappa shape index (κ3) is 3.52. The SMILES string of the molecule is Cn1cc(Nc2cccn3c(CCc4cccc(C(N)=O)c4)cnc23)cn1. The highest BCUT2D eigenvalue weighted by molar-refractivity contribution is 5.92. The van der Waals surface area contributed by atoms with Crippen molar-refractivity contribution in [1.82, 2.24) is 19.2 Å². The van der Waals surface area contributed by atoms with Crippen LogP contribution in [0.4, 0.5) is 11.4 Å². The normalized spacial score (nSPS) is 11.0. The zero-order chi connectivity index (χ0) is 18.8. The number of carbonyl (C=O) groups is 1. The van der Waals surface area contributed by atoms with Gasteiger partial charge in [0.2, 0.25) is 5.91 Å². The number of nitrogens with two attached hydrogens (primary N) is 1. The summed E-state index contributed by atoms with van der Waals surface area (Å²) in [5.41, 5.74) is 10.8. The Morgan fingerprint density at radius 3 is 2.85 bits per heavy atom. The van der Waals surface area contributed by atoms with Gasteiger partial charge in [0.15, 0.2) is 5.65 Å². The second-order valence-corrected chi connectivity index (χ2v) is 6.46. The van der Waals surface area contributed by atoms with Crippen molar-refractivity contribution in [3.63, 3.8) is 0 Å². The van der Waals surface area contributed by atoms with E-state index in [9.17, 15) is 4.79 Å². The van der Waals surface area contributed by atoms with E-state index in [1.807, 2.05) is 56.0 Å². The number of pyridine rings is 1. The number of imidazole rings is 1. The highest BCUT2D eigenvalue weighted by atomic mass is 16.1. The van der Waals surface area contributed by atoms with Crippen molar-refractivity contribution in [2.45, 2.75) is 12.8 Å². The zero-order valence-electron chi connectivity index (χ0n) is 15.0. The molecule has 3 N–H and O–H groups in total. The summed E-state index contributed by atoms with van der Waals surface area (Å²) in [5.74, 6) is -0.405. The molecule has 0 fully saturated rings. The molecule has 1 aromatic carbocycles. The van der Waals surface area contributed by atoms with Crippen LogP contribution in [0, 0.1) is 0 Å². The van der Waals surface area contributed by atoms with Crippen molar-refractivity contribution >= 4 is 22.9 Å². The van der Waals surface area contributed by atoms with Crippen LogP contribution in [-0.2, 0) is 19.9 Å². The molecule has 3 heterocycles. The Morgan fingerprint density at radius 2 is 2.07 bits per heavy atom. The summed E-state index contributed by atoms with van der Waals surface area (Å²) < 4.78 is 3.83. The first kappa shape index (κ1) is 16.8. The number of carbonyl (C=O) groups excluding carboxylic acids is 1. The number of amides is 1. The molecule has 27 heavy (non-hydrogen) atoms. The van der Waals surface area contributed by atoms with E-state index >= 15 is 0 Å². The second-order valence-electron chi connectivity index (χ2n) is 6.46. The van der Waals surface area contributed by atoms with Gasteiger partial charge in [0.25, 0.3) is 0 Å². The van der Waals surface area contributed by atoms with Gasteiger partial charge in [-0.3, -0.25) is 9.48 Å². The lowest BCUT2D eigenvalue weighted by Crippen LogP contribution is -2.11. The molecule has 0 atom stereocenters. The molecule has 0 aliphatic heterocycles. The molecule has 0 aliphatic rings. The van der Waals surface area contributed by atoms with Crippen molar-refractivity contribution < 1.29 is 4.79 Å². The summed E-state index contributed by atoms with van der Waals surface area (Å²) in [5, 5.41) is 7.53. The van der Waals surface area contributed by atoms with Crippen LogP contribution in [0.15, 0.2) is 61.2 Å². The average molecular weight is 360 g/mol. The lowest BCUT2D eigenvalue weighted by atomic mass is 10.1. The van der Waals surface area contributed by atoms with Crippen LogP contribution < -0.4 is 11.1 Å². The maximum absolute atomic E-state index is 11.3. The molecule has 3 aromatic heterocycles. The smallest absolute Gasteiger partial charge is 0.248 e. The van der Waals surface area contributed by atoms with E-state index in [4.69, 9.17) is 5.73 Å². The number of aromatic nitrogens is 4. The molecule has 0 unspecified atom stereocenters.